The van der Waals surface area contributed by atoms with Crippen LogP contribution in [0.2, 0.25) is 0 Å². The molecule has 0 amide bonds. The number of aliphatic hydroxyl groups excluding tert-OH is 1. The minimum absolute atomic E-state index is 0.01000. The molecule has 0 spiro atoms. The molecule has 0 saturated carbocycles. The molecule has 0 saturated heterocycles. The molecule has 0 aliphatic carbocycles. The SMILES string of the molecule is C[C@H](CO)NCc1cccc(F)c1O. The lowest BCUT2D eigenvalue weighted by atomic mass is 10.2. The van der Waals surface area contributed by atoms with Gasteiger partial charge in [-0.15, -0.1) is 0 Å². The smallest absolute Gasteiger partial charge is 0.165 e. The van der Waals surface area contributed by atoms with Crippen molar-refractivity contribution in [1.29, 1.82) is 0 Å². The van der Waals surface area contributed by atoms with Gasteiger partial charge in [0.1, 0.15) is 0 Å². The fourth-order valence-electron chi connectivity index (χ4n) is 1.05. The number of phenolic OH excluding ortho intramolecular Hbond substituents is 1. The average molecular weight is 199 g/mol. The molecule has 0 unspecified atom stereocenters. The van der Waals surface area contributed by atoms with Gasteiger partial charge in [0.25, 0.3) is 0 Å². The van der Waals surface area contributed by atoms with E-state index in [1.807, 2.05) is 0 Å². The summed E-state index contributed by atoms with van der Waals surface area (Å²) in [5.74, 6) is -0.953. The lowest BCUT2D eigenvalue weighted by Crippen LogP contribution is -2.28. The lowest BCUT2D eigenvalue weighted by molar-refractivity contribution is 0.250. The number of aromatic hydroxyl groups is 1. The van der Waals surface area contributed by atoms with Crippen molar-refractivity contribution in [2.75, 3.05) is 6.61 Å². The Hall–Kier alpha value is -1.13. The quantitative estimate of drug-likeness (QED) is 0.678. The van der Waals surface area contributed by atoms with Crippen LogP contribution in [0.5, 0.6) is 5.75 Å². The minimum Gasteiger partial charge on any atom is -0.505 e. The second kappa shape index (κ2) is 4.93. The molecule has 3 nitrogen and oxygen atoms in total. The van der Waals surface area contributed by atoms with Crippen LogP contribution in [0.25, 0.3) is 0 Å². The first kappa shape index (κ1) is 10.9. The van der Waals surface area contributed by atoms with Crippen LogP contribution in [0.3, 0.4) is 0 Å². The van der Waals surface area contributed by atoms with E-state index in [0.717, 1.165) is 0 Å². The van der Waals surface area contributed by atoms with Crippen LogP contribution in [-0.4, -0.2) is 22.9 Å². The van der Waals surface area contributed by atoms with Crippen molar-refractivity contribution in [2.45, 2.75) is 19.5 Å². The Morgan fingerprint density at radius 1 is 1.50 bits per heavy atom. The van der Waals surface area contributed by atoms with E-state index < -0.39 is 5.82 Å². The van der Waals surface area contributed by atoms with Crippen LogP contribution < -0.4 is 5.32 Å². The number of para-hydroxylation sites is 1. The first-order valence-electron chi connectivity index (χ1n) is 4.45. The van der Waals surface area contributed by atoms with Crippen molar-refractivity contribution in [3.8, 4) is 5.75 Å². The fraction of sp³-hybridized carbons (Fsp3) is 0.400. The van der Waals surface area contributed by atoms with Crippen molar-refractivity contribution in [3.05, 3.63) is 29.6 Å². The summed E-state index contributed by atoms with van der Waals surface area (Å²) in [6.45, 7) is 2.15. The molecule has 1 rings (SSSR count). The molecule has 0 aliphatic rings. The third-order valence-corrected chi connectivity index (χ3v) is 1.99. The number of aliphatic hydroxyl groups is 1. The maximum absolute atomic E-state index is 12.9. The van der Waals surface area contributed by atoms with E-state index >= 15 is 0 Å². The predicted octanol–water partition coefficient (Wildman–Crippen LogP) is 1.00. The Balaban J connectivity index is 2.63. The van der Waals surface area contributed by atoms with Crippen LogP contribution in [0.15, 0.2) is 18.2 Å². The Bertz CT molecular complexity index is 304. The zero-order chi connectivity index (χ0) is 10.6. The van der Waals surface area contributed by atoms with Gasteiger partial charge in [-0.1, -0.05) is 12.1 Å². The Morgan fingerprint density at radius 2 is 2.21 bits per heavy atom. The van der Waals surface area contributed by atoms with Gasteiger partial charge in [0.05, 0.1) is 6.61 Å². The molecule has 1 aromatic carbocycles. The largest absolute Gasteiger partial charge is 0.505 e. The zero-order valence-corrected chi connectivity index (χ0v) is 8.00. The summed E-state index contributed by atoms with van der Waals surface area (Å²) >= 11 is 0. The summed E-state index contributed by atoms with van der Waals surface area (Å²) in [5, 5.41) is 21.0. The molecule has 1 atom stereocenters. The molecule has 0 aromatic heterocycles. The maximum Gasteiger partial charge on any atom is 0.165 e. The van der Waals surface area contributed by atoms with Gasteiger partial charge in [0.2, 0.25) is 0 Å². The van der Waals surface area contributed by atoms with Crippen LogP contribution in [0, 0.1) is 5.82 Å². The zero-order valence-electron chi connectivity index (χ0n) is 8.00. The van der Waals surface area contributed by atoms with Crippen LogP contribution >= 0.6 is 0 Å². The highest BCUT2D eigenvalue weighted by Crippen LogP contribution is 2.20. The van der Waals surface area contributed by atoms with Gasteiger partial charge in [-0.3, -0.25) is 0 Å². The molecule has 1 aromatic rings. The summed E-state index contributed by atoms with van der Waals surface area (Å²) in [4.78, 5) is 0. The lowest BCUT2D eigenvalue weighted by Gasteiger charge is -2.11. The van der Waals surface area contributed by atoms with Crippen molar-refractivity contribution in [3.63, 3.8) is 0 Å². The minimum atomic E-state index is -0.624. The Morgan fingerprint density at radius 3 is 2.86 bits per heavy atom. The normalized spacial score (nSPS) is 12.8. The van der Waals surface area contributed by atoms with Crippen LogP contribution in [0.4, 0.5) is 4.39 Å². The van der Waals surface area contributed by atoms with Gasteiger partial charge in [-0.25, -0.2) is 4.39 Å². The highest BCUT2D eigenvalue weighted by atomic mass is 19.1. The number of benzene rings is 1. The van der Waals surface area contributed by atoms with Crippen LogP contribution in [-0.2, 0) is 6.54 Å². The first-order chi connectivity index (χ1) is 6.65. The molecule has 3 N–H and O–H groups in total. The molecule has 14 heavy (non-hydrogen) atoms. The van der Waals surface area contributed by atoms with Crippen molar-refractivity contribution in [2.24, 2.45) is 0 Å². The van der Waals surface area contributed by atoms with Crippen LogP contribution in [0.1, 0.15) is 12.5 Å². The maximum atomic E-state index is 12.9. The van der Waals surface area contributed by atoms with E-state index in [1.54, 1.807) is 13.0 Å². The number of hydrogen-bond donors (Lipinski definition) is 3. The summed E-state index contributed by atoms with van der Waals surface area (Å²) in [7, 11) is 0. The second-order valence-corrected chi connectivity index (χ2v) is 3.21. The number of hydrogen-bond acceptors (Lipinski definition) is 3. The first-order valence-corrected chi connectivity index (χ1v) is 4.45. The summed E-state index contributed by atoms with van der Waals surface area (Å²) in [6.07, 6.45) is 0. The molecule has 78 valence electrons. The number of nitrogens with one attached hydrogen (secondary N) is 1. The molecule has 0 fully saturated rings. The van der Waals surface area contributed by atoms with Gasteiger partial charge in [-0.2, -0.15) is 0 Å². The highest BCUT2D eigenvalue weighted by molar-refractivity contribution is 5.33. The predicted molar refractivity (Wildman–Crippen MR) is 51.5 cm³/mol. The number of halogens is 1. The van der Waals surface area contributed by atoms with E-state index in [0.29, 0.717) is 12.1 Å². The van der Waals surface area contributed by atoms with E-state index in [9.17, 15) is 9.50 Å². The molecule has 4 heteroatoms. The molecule has 0 bridgehead atoms. The second-order valence-electron chi connectivity index (χ2n) is 3.21. The average Bonchev–Trinajstić information content (AvgIpc) is 2.20. The molecule has 0 aliphatic heterocycles. The molecular weight excluding hydrogens is 185 g/mol. The van der Waals surface area contributed by atoms with E-state index in [1.165, 1.54) is 12.1 Å². The fourth-order valence-corrected chi connectivity index (χ4v) is 1.05. The standard InChI is InChI=1S/C10H14FNO2/c1-7(6-13)12-5-8-3-2-4-9(11)10(8)14/h2-4,7,12-14H,5-6H2,1H3/t7-/m1/s1. The monoisotopic (exact) mass is 199 g/mol. The van der Waals surface area contributed by atoms with Gasteiger partial charge < -0.3 is 15.5 Å². The third-order valence-electron chi connectivity index (χ3n) is 1.99. The highest BCUT2D eigenvalue weighted by Gasteiger charge is 2.06. The van der Waals surface area contributed by atoms with Gasteiger partial charge >= 0.3 is 0 Å². The topological polar surface area (TPSA) is 52.5 Å². The van der Waals surface area contributed by atoms with Gasteiger partial charge in [-0.05, 0) is 13.0 Å². The molecule has 0 heterocycles. The van der Waals surface area contributed by atoms with Crippen molar-refractivity contribution < 1.29 is 14.6 Å². The van der Waals surface area contributed by atoms with E-state index in [4.69, 9.17) is 5.11 Å². The molecular formula is C10H14FNO2. The molecule has 0 radical (unpaired) electrons. The number of phenols is 1. The Labute approximate surface area is 82.2 Å². The Kier molecular flexibility index (Phi) is 3.85. The van der Waals surface area contributed by atoms with Crippen molar-refractivity contribution in [1.82, 2.24) is 5.32 Å². The van der Waals surface area contributed by atoms with Gasteiger partial charge in [0.15, 0.2) is 11.6 Å². The summed E-state index contributed by atoms with van der Waals surface area (Å²) in [5.41, 5.74) is 0.491. The van der Waals surface area contributed by atoms with Crippen molar-refractivity contribution >= 4 is 0 Å². The number of rotatable bonds is 4. The van der Waals surface area contributed by atoms with Gasteiger partial charge in [0, 0.05) is 18.2 Å². The summed E-state index contributed by atoms with van der Waals surface area (Å²) in [6, 6.07) is 4.30. The van der Waals surface area contributed by atoms with E-state index in [2.05, 4.69) is 5.32 Å². The third kappa shape index (κ3) is 2.68. The summed E-state index contributed by atoms with van der Waals surface area (Å²) < 4.78 is 12.9. The van der Waals surface area contributed by atoms with E-state index in [-0.39, 0.29) is 18.4 Å².